The molecule has 1 amide bonds. The highest BCUT2D eigenvalue weighted by molar-refractivity contribution is 7.99. The van der Waals surface area contributed by atoms with Crippen LogP contribution in [-0.2, 0) is 16.1 Å². The second-order valence-corrected chi connectivity index (χ2v) is 8.42. The number of hydrogen-bond donors (Lipinski definition) is 0. The summed E-state index contributed by atoms with van der Waals surface area (Å²) >= 11 is 1.70. The van der Waals surface area contributed by atoms with E-state index in [0.29, 0.717) is 31.8 Å². The lowest BCUT2D eigenvalue weighted by Gasteiger charge is -2.28. The predicted octanol–water partition coefficient (Wildman–Crippen LogP) is 3.81. The van der Waals surface area contributed by atoms with Crippen molar-refractivity contribution in [2.45, 2.75) is 18.3 Å². The first-order valence-electron chi connectivity index (χ1n) is 9.97. The number of hydrogen-bond acceptors (Lipinski definition) is 5. The first-order chi connectivity index (χ1) is 14.6. The normalized spacial score (nSPS) is 16.1. The van der Waals surface area contributed by atoms with Crippen molar-refractivity contribution in [3.8, 4) is 6.07 Å². The largest absolute Gasteiger partial charge is 0.385 e. The van der Waals surface area contributed by atoms with Crippen LogP contribution in [0.5, 0.6) is 0 Å². The van der Waals surface area contributed by atoms with E-state index < -0.39 is 0 Å². The minimum absolute atomic E-state index is 0.0585. The highest BCUT2D eigenvalue weighted by Gasteiger charge is 2.31. The molecule has 0 radical (unpaired) electrons. The van der Waals surface area contributed by atoms with Gasteiger partial charge >= 0.3 is 0 Å². The second kappa shape index (κ2) is 11.1. The molecule has 1 aliphatic rings. The third kappa shape index (κ3) is 6.05. The Bertz CT molecular complexity index is 885. The molecule has 158 valence electrons. The number of nitrogens with zero attached hydrogens (tertiary/aromatic N) is 3. The minimum Gasteiger partial charge on any atom is -0.385 e. The lowest BCUT2D eigenvalue weighted by atomic mass is 10.1. The zero-order chi connectivity index (χ0) is 21.3. The van der Waals surface area contributed by atoms with Gasteiger partial charge in [-0.1, -0.05) is 24.3 Å². The first-order valence-corrected chi connectivity index (χ1v) is 11.0. The number of halogens is 1. The van der Waals surface area contributed by atoms with Gasteiger partial charge in [0.2, 0.25) is 5.91 Å². The van der Waals surface area contributed by atoms with E-state index in [2.05, 4.69) is 11.0 Å². The number of nitriles is 1. The Labute approximate surface area is 181 Å². The molecule has 2 aromatic rings. The van der Waals surface area contributed by atoms with Gasteiger partial charge in [0.15, 0.2) is 0 Å². The Morgan fingerprint density at radius 3 is 2.87 bits per heavy atom. The van der Waals surface area contributed by atoms with E-state index in [4.69, 9.17) is 10.00 Å². The molecule has 5 nitrogen and oxygen atoms in total. The van der Waals surface area contributed by atoms with Crippen LogP contribution < -0.4 is 0 Å². The van der Waals surface area contributed by atoms with Crippen LogP contribution in [0.15, 0.2) is 48.5 Å². The Morgan fingerprint density at radius 1 is 1.33 bits per heavy atom. The van der Waals surface area contributed by atoms with Crippen LogP contribution in [0.3, 0.4) is 0 Å². The quantitative estimate of drug-likeness (QED) is 0.570. The fourth-order valence-electron chi connectivity index (χ4n) is 3.56. The molecule has 2 aromatic carbocycles. The van der Waals surface area contributed by atoms with Gasteiger partial charge < -0.3 is 9.64 Å². The summed E-state index contributed by atoms with van der Waals surface area (Å²) in [5, 5.41) is 9.06. The molecule has 0 aliphatic carbocycles. The van der Waals surface area contributed by atoms with Gasteiger partial charge in [-0.05, 0) is 41.8 Å². The zero-order valence-corrected chi connectivity index (χ0v) is 17.9. The molecular weight excluding hydrogens is 401 g/mol. The van der Waals surface area contributed by atoms with Gasteiger partial charge in [0.05, 0.1) is 18.2 Å². The summed E-state index contributed by atoms with van der Waals surface area (Å²) in [6.45, 7) is 2.91. The van der Waals surface area contributed by atoms with Gasteiger partial charge in [-0.3, -0.25) is 9.69 Å². The molecule has 1 unspecified atom stereocenters. The smallest absolute Gasteiger partial charge is 0.237 e. The summed E-state index contributed by atoms with van der Waals surface area (Å²) in [5.41, 5.74) is 2.56. The molecule has 1 heterocycles. The Kier molecular flexibility index (Phi) is 8.26. The van der Waals surface area contributed by atoms with Crippen molar-refractivity contribution in [2.24, 2.45) is 0 Å². The second-order valence-electron chi connectivity index (χ2n) is 7.23. The van der Waals surface area contributed by atoms with E-state index in [1.165, 1.54) is 12.1 Å². The highest BCUT2D eigenvalue weighted by atomic mass is 32.2. The van der Waals surface area contributed by atoms with E-state index in [1.807, 2.05) is 23.1 Å². The number of benzene rings is 2. The molecule has 0 saturated carbocycles. The maximum atomic E-state index is 13.3. The van der Waals surface area contributed by atoms with E-state index in [9.17, 15) is 9.18 Å². The zero-order valence-electron chi connectivity index (χ0n) is 17.1. The van der Waals surface area contributed by atoms with Crippen LogP contribution in [-0.4, -0.2) is 54.8 Å². The van der Waals surface area contributed by atoms with Crippen molar-refractivity contribution in [3.05, 3.63) is 71.0 Å². The predicted molar refractivity (Wildman–Crippen MR) is 116 cm³/mol. The standard InChI is InChI=1S/C23H26FN3O2S/c1-29-12-3-10-26(16-19-5-2-4-18(14-19)15-25)17-22(28)27-11-13-30-23(27)20-6-8-21(24)9-7-20/h2,4-9,14,23H,3,10-13,16-17H2,1H3. The Morgan fingerprint density at radius 2 is 2.13 bits per heavy atom. The van der Waals surface area contributed by atoms with Crippen LogP contribution >= 0.6 is 11.8 Å². The number of carbonyl (C=O) groups excluding carboxylic acids is 1. The Hall–Kier alpha value is -2.40. The summed E-state index contributed by atoms with van der Waals surface area (Å²) < 4.78 is 18.5. The lowest BCUT2D eigenvalue weighted by Crippen LogP contribution is -2.40. The molecular formula is C23H26FN3O2S. The van der Waals surface area contributed by atoms with Gasteiger partial charge in [-0.2, -0.15) is 5.26 Å². The van der Waals surface area contributed by atoms with Crippen molar-refractivity contribution in [1.29, 1.82) is 5.26 Å². The molecule has 1 atom stereocenters. The summed E-state index contributed by atoms with van der Waals surface area (Å²) in [6.07, 6.45) is 0.817. The van der Waals surface area contributed by atoms with Crippen LogP contribution in [0.2, 0.25) is 0 Å². The van der Waals surface area contributed by atoms with Crippen LogP contribution in [0.25, 0.3) is 0 Å². The summed E-state index contributed by atoms with van der Waals surface area (Å²) in [7, 11) is 1.67. The number of rotatable bonds is 9. The highest BCUT2D eigenvalue weighted by Crippen LogP contribution is 2.37. The summed E-state index contributed by atoms with van der Waals surface area (Å²) in [5.74, 6) is 0.647. The Balaban J connectivity index is 1.69. The molecule has 1 aliphatic heterocycles. The third-order valence-electron chi connectivity index (χ3n) is 5.01. The monoisotopic (exact) mass is 427 g/mol. The number of methoxy groups -OCH3 is 1. The topological polar surface area (TPSA) is 56.6 Å². The lowest BCUT2D eigenvalue weighted by molar-refractivity contribution is -0.132. The minimum atomic E-state index is -0.274. The molecule has 30 heavy (non-hydrogen) atoms. The molecule has 7 heteroatoms. The van der Waals surface area contributed by atoms with Crippen LogP contribution in [0.1, 0.15) is 28.5 Å². The SMILES string of the molecule is COCCCN(CC(=O)N1CCSC1c1ccc(F)cc1)Cc1cccc(C#N)c1. The number of ether oxygens (including phenoxy) is 1. The van der Waals surface area contributed by atoms with Crippen molar-refractivity contribution in [2.75, 3.05) is 39.1 Å². The number of carbonyl (C=O) groups is 1. The fraction of sp³-hybridized carbons (Fsp3) is 0.391. The molecule has 3 rings (SSSR count). The molecule has 1 fully saturated rings. The van der Waals surface area contributed by atoms with Crippen LogP contribution in [0.4, 0.5) is 4.39 Å². The van der Waals surface area contributed by atoms with Crippen molar-refractivity contribution < 1.29 is 13.9 Å². The van der Waals surface area contributed by atoms with E-state index >= 15 is 0 Å². The summed E-state index contributed by atoms with van der Waals surface area (Å²) in [6, 6.07) is 16.0. The van der Waals surface area contributed by atoms with Gasteiger partial charge in [-0.25, -0.2) is 4.39 Å². The molecule has 0 aromatic heterocycles. The first kappa shape index (κ1) is 22.3. The van der Waals surface area contributed by atoms with Crippen molar-refractivity contribution >= 4 is 17.7 Å². The maximum absolute atomic E-state index is 13.3. The van der Waals surface area contributed by atoms with Gasteiger partial charge in [0, 0.05) is 39.1 Å². The van der Waals surface area contributed by atoms with Crippen LogP contribution in [0, 0.1) is 17.1 Å². The molecule has 0 spiro atoms. The molecule has 0 bridgehead atoms. The fourth-order valence-corrected chi connectivity index (χ4v) is 4.83. The number of amides is 1. The van der Waals surface area contributed by atoms with E-state index in [-0.39, 0.29) is 17.1 Å². The van der Waals surface area contributed by atoms with Gasteiger partial charge in [0.25, 0.3) is 0 Å². The average Bonchev–Trinajstić information content (AvgIpc) is 3.24. The van der Waals surface area contributed by atoms with Crippen molar-refractivity contribution in [1.82, 2.24) is 9.80 Å². The molecule has 1 saturated heterocycles. The van der Waals surface area contributed by atoms with Crippen molar-refractivity contribution in [3.63, 3.8) is 0 Å². The molecule has 0 N–H and O–H groups in total. The third-order valence-corrected chi connectivity index (χ3v) is 6.27. The average molecular weight is 428 g/mol. The number of thioether (sulfide) groups is 1. The van der Waals surface area contributed by atoms with E-state index in [1.54, 1.807) is 37.1 Å². The maximum Gasteiger partial charge on any atom is 0.237 e. The van der Waals surface area contributed by atoms with Gasteiger partial charge in [0.1, 0.15) is 11.2 Å². The summed E-state index contributed by atoms with van der Waals surface area (Å²) in [4.78, 5) is 17.1. The van der Waals surface area contributed by atoms with Gasteiger partial charge in [-0.15, -0.1) is 11.8 Å². The van der Waals surface area contributed by atoms with E-state index in [0.717, 1.165) is 29.8 Å².